The molecule has 0 aliphatic carbocycles. The maximum Gasteiger partial charge on any atom is 0.0637 e. The molecule has 0 aliphatic rings. The van der Waals surface area contributed by atoms with Crippen molar-refractivity contribution in [3.8, 4) is 0 Å². The van der Waals surface area contributed by atoms with Crippen LogP contribution in [0, 0.1) is 0 Å². The SMILES string of the molecule is Cl.NCC[C@@H](N)c1ccncc1Cl. The Bertz CT molecular complexity index is 255. The Hall–Kier alpha value is -0.350. The van der Waals surface area contributed by atoms with Crippen LogP contribution in [0.4, 0.5) is 0 Å². The van der Waals surface area contributed by atoms with Gasteiger partial charge in [-0.25, -0.2) is 0 Å². The first kappa shape index (κ1) is 12.7. The molecule has 1 heterocycles. The van der Waals surface area contributed by atoms with E-state index in [-0.39, 0.29) is 18.4 Å². The van der Waals surface area contributed by atoms with E-state index in [9.17, 15) is 0 Å². The van der Waals surface area contributed by atoms with Gasteiger partial charge in [-0.05, 0) is 24.6 Å². The predicted octanol–water partition coefficient (Wildman–Crippen LogP) is 1.51. The van der Waals surface area contributed by atoms with Crippen LogP contribution in [0.15, 0.2) is 18.5 Å². The van der Waals surface area contributed by atoms with Gasteiger partial charge in [0, 0.05) is 18.4 Å². The van der Waals surface area contributed by atoms with E-state index in [0.717, 1.165) is 12.0 Å². The number of nitrogens with two attached hydrogens (primary N) is 2. The van der Waals surface area contributed by atoms with Crippen LogP contribution >= 0.6 is 24.0 Å². The highest BCUT2D eigenvalue weighted by atomic mass is 35.5. The van der Waals surface area contributed by atoms with Crippen molar-refractivity contribution in [1.82, 2.24) is 4.98 Å². The Labute approximate surface area is 88.9 Å². The molecule has 1 aromatic rings. The monoisotopic (exact) mass is 221 g/mol. The van der Waals surface area contributed by atoms with E-state index in [1.807, 2.05) is 6.07 Å². The first-order chi connectivity index (χ1) is 5.75. The molecule has 74 valence electrons. The summed E-state index contributed by atoms with van der Waals surface area (Å²) >= 11 is 5.87. The molecule has 0 saturated heterocycles. The lowest BCUT2D eigenvalue weighted by molar-refractivity contribution is 0.660. The molecule has 0 aliphatic heterocycles. The Morgan fingerprint density at radius 3 is 2.77 bits per heavy atom. The van der Waals surface area contributed by atoms with Crippen molar-refractivity contribution in [2.24, 2.45) is 11.5 Å². The highest BCUT2D eigenvalue weighted by molar-refractivity contribution is 6.31. The number of halogens is 2. The zero-order valence-electron chi connectivity index (χ0n) is 7.11. The van der Waals surface area contributed by atoms with Crippen molar-refractivity contribution in [3.05, 3.63) is 29.0 Å². The zero-order valence-corrected chi connectivity index (χ0v) is 8.68. The smallest absolute Gasteiger partial charge is 0.0637 e. The summed E-state index contributed by atoms with van der Waals surface area (Å²) in [6.45, 7) is 0.569. The van der Waals surface area contributed by atoms with Gasteiger partial charge in [0.25, 0.3) is 0 Å². The summed E-state index contributed by atoms with van der Waals surface area (Å²) < 4.78 is 0. The third-order valence-corrected chi connectivity index (χ3v) is 2.00. The lowest BCUT2D eigenvalue weighted by atomic mass is 10.1. The average molecular weight is 222 g/mol. The molecule has 0 fully saturated rings. The second-order valence-electron chi connectivity index (χ2n) is 2.58. The molecule has 0 aromatic carbocycles. The minimum Gasteiger partial charge on any atom is -0.330 e. The summed E-state index contributed by atoms with van der Waals surface area (Å²) in [6, 6.07) is 1.74. The quantitative estimate of drug-likeness (QED) is 0.814. The maximum absolute atomic E-state index is 5.87. The van der Waals surface area contributed by atoms with Crippen LogP contribution in [0.5, 0.6) is 0 Å². The van der Waals surface area contributed by atoms with Crippen molar-refractivity contribution in [1.29, 1.82) is 0 Å². The highest BCUT2D eigenvalue weighted by Crippen LogP contribution is 2.21. The van der Waals surface area contributed by atoms with Crippen LogP contribution in [0.2, 0.25) is 5.02 Å². The van der Waals surface area contributed by atoms with Gasteiger partial charge in [-0.2, -0.15) is 0 Å². The molecule has 1 rings (SSSR count). The van der Waals surface area contributed by atoms with E-state index >= 15 is 0 Å². The second kappa shape index (κ2) is 6.16. The van der Waals surface area contributed by atoms with E-state index < -0.39 is 0 Å². The van der Waals surface area contributed by atoms with Crippen molar-refractivity contribution in [2.45, 2.75) is 12.5 Å². The lowest BCUT2D eigenvalue weighted by Crippen LogP contribution is -2.15. The summed E-state index contributed by atoms with van der Waals surface area (Å²) in [5.41, 5.74) is 12.1. The van der Waals surface area contributed by atoms with Gasteiger partial charge in [0.05, 0.1) is 5.02 Å². The number of hydrogen-bond acceptors (Lipinski definition) is 3. The van der Waals surface area contributed by atoms with Gasteiger partial charge >= 0.3 is 0 Å². The van der Waals surface area contributed by atoms with Crippen LogP contribution in [-0.4, -0.2) is 11.5 Å². The van der Waals surface area contributed by atoms with Crippen LogP contribution < -0.4 is 11.5 Å². The standard InChI is InChI=1S/C8H12ClN3.ClH/c9-7-5-12-4-2-6(7)8(11)1-3-10;/h2,4-5,8H,1,3,10-11H2;1H/t8-;/m1./s1. The summed E-state index contributed by atoms with van der Waals surface area (Å²) in [5.74, 6) is 0. The van der Waals surface area contributed by atoms with Gasteiger partial charge in [0.1, 0.15) is 0 Å². The molecule has 3 nitrogen and oxygen atoms in total. The maximum atomic E-state index is 5.87. The molecule has 13 heavy (non-hydrogen) atoms. The molecule has 0 radical (unpaired) electrons. The number of aromatic nitrogens is 1. The molecule has 5 heteroatoms. The van der Waals surface area contributed by atoms with E-state index in [1.165, 1.54) is 0 Å². The van der Waals surface area contributed by atoms with Crippen LogP contribution in [0.25, 0.3) is 0 Å². The summed E-state index contributed by atoms with van der Waals surface area (Å²) in [6.07, 6.45) is 4.01. The fraction of sp³-hybridized carbons (Fsp3) is 0.375. The van der Waals surface area contributed by atoms with Crippen molar-refractivity contribution < 1.29 is 0 Å². The van der Waals surface area contributed by atoms with Crippen LogP contribution in [0.1, 0.15) is 18.0 Å². The fourth-order valence-corrected chi connectivity index (χ4v) is 1.28. The third kappa shape index (κ3) is 3.48. The average Bonchev–Trinajstić information content (AvgIpc) is 2.05. The number of rotatable bonds is 3. The Balaban J connectivity index is 0.00000144. The minimum absolute atomic E-state index is 0. The summed E-state index contributed by atoms with van der Waals surface area (Å²) in [5, 5.41) is 0.610. The second-order valence-corrected chi connectivity index (χ2v) is 2.99. The lowest BCUT2D eigenvalue weighted by Gasteiger charge is -2.11. The van der Waals surface area contributed by atoms with Gasteiger partial charge in [0.15, 0.2) is 0 Å². The molecular weight excluding hydrogens is 209 g/mol. The van der Waals surface area contributed by atoms with Crippen LogP contribution in [0.3, 0.4) is 0 Å². The predicted molar refractivity (Wildman–Crippen MR) is 57.1 cm³/mol. The normalized spacial score (nSPS) is 11.9. The first-order valence-electron chi connectivity index (χ1n) is 3.80. The van der Waals surface area contributed by atoms with Crippen LogP contribution in [-0.2, 0) is 0 Å². The van der Waals surface area contributed by atoms with E-state index in [4.69, 9.17) is 23.1 Å². The third-order valence-electron chi connectivity index (χ3n) is 1.68. The molecule has 1 aromatic heterocycles. The molecule has 0 saturated carbocycles. The van der Waals surface area contributed by atoms with E-state index in [2.05, 4.69) is 4.98 Å². The van der Waals surface area contributed by atoms with Gasteiger partial charge in [-0.3, -0.25) is 4.98 Å². The molecule has 1 atom stereocenters. The Morgan fingerprint density at radius 2 is 2.23 bits per heavy atom. The topological polar surface area (TPSA) is 64.9 Å². The molecule has 0 amide bonds. The van der Waals surface area contributed by atoms with E-state index in [0.29, 0.717) is 11.6 Å². The van der Waals surface area contributed by atoms with Gasteiger partial charge in [-0.15, -0.1) is 12.4 Å². The fourth-order valence-electron chi connectivity index (χ4n) is 1.02. The number of hydrogen-bond donors (Lipinski definition) is 2. The Morgan fingerprint density at radius 1 is 1.54 bits per heavy atom. The summed E-state index contributed by atoms with van der Waals surface area (Å²) in [7, 11) is 0. The van der Waals surface area contributed by atoms with Crippen molar-refractivity contribution in [3.63, 3.8) is 0 Å². The summed E-state index contributed by atoms with van der Waals surface area (Å²) in [4.78, 5) is 3.87. The van der Waals surface area contributed by atoms with Gasteiger partial charge < -0.3 is 11.5 Å². The van der Waals surface area contributed by atoms with Crippen molar-refractivity contribution >= 4 is 24.0 Å². The minimum atomic E-state index is -0.0782. The van der Waals surface area contributed by atoms with Gasteiger partial charge in [-0.1, -0.05) is 11.6 Å². The molecule has 4 N–H and O–H groups in total. The largest absolute Gasteiger partial charge is 0.330 e. The molecule has 0 bridgehead atoms. The molecule has 0 spiro atoms. The zero-order chi connectivity index (χ0) is 8.97. The molecular formula is C8H13Cl2N3. The number of nitrogens with zero attached hydrogens (tertiary/aromatic N) is 1. The first-order valence-corrected chi connectivity index (χ1v) is 4.18. The van der Waals surface area contributed by atoms with Gasteiger partial charge in [0.2, 0.25) is 0 Å². The Kier molecular flexibility index (Phi) is 5.99. The highest BCUT2D eigenvalue weighted by Gasteiger charge is 2.07. The van der Waals surface area contributed by atoms with Crippen molar-refractivity contribution in [2.75, 3.05) is 6.54 Å². The number of pyridine rings is 1. The molecule has 0 unspecified atom stereocenters. The van der Waals surface area contributed by atoms with E-state index in [1.54, 1.807) is 12.4 Å².